The maximum absolute atomic E-state index is 14.5. The van der Waals surface area contributed by atoms with Crippen molar-refractivity contribution in [2.45, 2.75) is 135 Å². The second kappa shape index (κ2) is 17.1. The van der Waals surface area contributed by atoms with E-state index in [9.17, 15) is 24.3 Å². The summed E-state index contributed by atoms with van der Waals surface area (Å²) >= 11 is 0. The van der Waals surface area contributed by atoms with E-state index < -0.39 is 83.9 Å². The molecule has 3 fully saturated rings. The molecule has 5 rings (SSSR count). The summed E-state index contributed by atoms with van der Waals surface area (Å²) in [6.45, 7) is 13.0. The second-order valence-electron chi connectivity index (χ2n) is 15.9. The number of cyclic esters (lactones) is 1. The van der Waals surface area contributed by atoms with E-state index in [4.69, 9.17) is 23.7 Å². The monoisotopic (exact) mass is 757 g/mol. The van der Waals surface area contributed by atoms with E-state index in [0.717, 1.165) is 11.2 Å². The van der Waals surface area contributed by atoms with Crippen LogP contribution >= 0.6 is 0 Å². The van der Waals surface area contributed by atoms with Gasteiger partial charge in [0.25, 0.3) is 0 Å². The Morgan fingerprint density at radius 2 is 1.74 bits per heavy atom. The molecule has 15 nitrogen and oxygen atoms in total. The summed E-state index contributed by atoms with van der Waals surface area (Å²) in [6, 6.07) is 2.66. The van der Waals surface area contributed by atoms with E-state index >= 15 is 0 Å². The summed E-state index contributed by atoms with van der Waals surface area (Å²) in [5.41, 5.74) is 0.229. The first-order valence-corrected chi connectivity index (χ1v) is 19.2. The van der Waals surface area contributed by atoms with Gasteiger partial charge in [0.05, 0.1) is 30.2 Å². The van der Waals surface area contributed by atoms with Gasteiger partial charge in [-0.05, 0) is 72.7 Å². The number of rotatable bonds is 9. The molecule has 0 radical (unpaired) electrons. The summed E-state index contributed by atoms with van der Waals surface area (Å²) in [5, 5.41) is 11.4. The van der Waals surface area contributed by atoms with Crippen molar-refractivity contribution >= 4 is 34.8 Å². The Hall–Kier alpha value is -3.50. The molecule has 1 unspecified atom stereocenters. The van der Waals surface area contributed by atoms with Crippen LogP contribution in [0.15, 0.2) is 24.7 Å². The van der Waals surface area contributed by atoms with Crippen LogP contribution in [0.4, 0.5) is 4.79 Å². The van der Waals surface area contributed by atoms with Gasteiger partial charge in [-0.25, -0.2) is 14.8 Å². The van der Waals surface area contributed by atoms with Crippen LogP contribution in [0, 0.1) is 23.7 Å². The molecule has 5 heterocycles. The molecule has 3 aliphatic heterocycles. The van der Waals surface area contributed by atoms with Gasteiger partial charge in [-0.3, -0.25) is 14.4 Å². The maximum Gasteiger partial charge on any atom is 0.410 e. The van der Waals surface area contributed by atoms with Crippen molar-refractivity contribution in [3.05, 3.63) is 24.7 Å². The molecule has 15 heteroatoms. The number of aliphatic hydroxyl groups excluding tert-OH is 1. The number of methoxy groups -OCH3 is 1. The summed E-state index contributed by atoms with van der Waals surface area (Å²) in [6.07, 6.45) is -1.01. The summed E-state index contributed by atoms with van der Waals surface area (Å²) in [5.74, 6) is -4.90. The number of hydrogen-bond donors (Lipinski definition) is 1. The molecule has 300 valence electrons. The van der Waals surface area contributed by atoms with Crippen LogP contribution in [0.2, 0.25) is 0 Å². The molecule has 1 amide bonds. The number of carbonyl (C=O) groups is 4. The quantitative estimate of drug-likeness (QED) is 0.291. The zero-order valence-electron chi connectivity index (χ0n) is 33.3. The normalized spacial score (nSPS) is 37.3. The van der Waals surface area contributed by atoms with Crippen molar-refractivity contribution in [3.8, 4) is 0 Å². The number of aryl methyl sites for hydroxylation is 1. The Bertz CT molecular complexity index is 1650. The van der Waals surface area contributed by atoms with Gasteiger partial charge < -0.3 is 43.2 Å². The first kappa shape index (κ1) is 41.7. The molecule has 2 aromatic rings. The van der Waals surface area contributed by atoms with Crippen LogP contribution in [-0.2, 0) is 44.6 Å². The molecule has 3 aliphatic rings. The largest absolute Gasteiger partial charge is 0.458 e. The molecule has 54 heavy (non-hydrogen) atoms. The molecule has 0 bridgehead atoms. The number of ether oxygens (including phenoxy) is 5. The highest BCUT2D eigenvalue weighted by atomic mass is 16.7. The third-order valence-electron chi connectivity index (χ3n) is 11.8. The Labute approximate surface area is 318 Å². The van der Waals surface area contributed by atoms with Crippen molar-refractivity contribution < 1.29 is 48.0 Å². The highest BCUT2D eigenvalue weighted by Crippen LogP contribution is 2.39. The fourth-order valence-corrected chi connectivity index (χ4v) is 8.64. The third-order valence-corrected chi connectivity index (χ3v) is 11.8. The molecule has 3 saturated heterocycles. The number of ketones is 2. The minimum atomic E-state index is -1.26. The van der Waals surface area contributed by atoms with E-state index in [1.54, 1.807) is 52.0 Å². The van der Waals surface area contributed by atoms with Gasteiger partial charge in [-0.2, -0.15) is 0 Å². The van der Waals surface area contributed by atoms with Gasteiger partial charge in [0, 0.05) is 50.2 Å². The predicted molar refractivity (Wildman–Crippen MR) is 197 cm³/mol. The molecule has 0 aromatic carbocycles. The standard InChI is InChI=1S/C39H59N5O10/c1-11-28-33-29(44(38(49)53-33)17-13-16-43-20-41-26-14-12-15-40-35(26)43)23(4)30(45)21(2)19-39(7,50-10)34(24(5)31(46)25(6)36(48)52-28)54-37-32(47)27(42(8)9)18-22(3)51-37/h12,14-15,20-25,27-29,32-34,37,47H,11,13,16-19H2,1-10H3/t21-,22-,23-,24+,25-,27+,28-,29-,32-,33-,34-,37?,39+/m1/s1. The van der Waals surface area contributed by atoms with Crippen molar-refractivity contribution in [2.24, 2.45) is 23.7 Å². The number of aromatic nitrogens is 3. The highest BCUT2D eigenvalue weighted by molar-refractivity contribution is 6.00. The Morgan fingerprint density at radius 1 is 1.02 bits per heavy atom. The van der Waals surface area contributed by atoms with Crippen LogP contribution in [0.25, 0.3) is 11.2 Å². The van der Waals surface area contributed by atoms with Crippen molar-refractivity contribution in [1.82, 2.24) is 24.3 Å². The third kappa shape index (κ3) is 8.35. The number of imidazole rings is 1. The van der Waals surface area contributed by atoms with Crippen LogP contribution < -0.4 is 0 Å². The molecular weight excluding hydrogens is 698 g/mol. The van der Waals surface area contributed by atoms with Gasteiger partial charge in [0.15, 0.2) is 23.8 Å². The highest BCUT2D eigenvalue weighted by Gasteiger charge is 2.54. The number of pyridine rings is 1. The Balaban J connectivity index is 1.47. The van der Waals surface area contributed by atoms with Crippen LogP contribution in [0.3, 0.4) is 0 Å². The lowest BCUT2D eigenvalue weighted by molar-refractivity contribution is -0.295. The average Bonchev–Trinajstić information content (AvgIpc) is 3.71. The first-order chi connectivity index (χ1) is 25.5. The molecule has 13 atom stereocenters. The lowest BCUT2D eigenvalue weighted by atomic mass is 9.75. The van der Waals surface area contributed by atoms with Gasteiger partial charge in [-0.15, -0.1) is 0 Å². The number of fused-ring (bicyclic) bond motifs is 2. The van der Waals surface area contributed by atoms with Crippen molar-refractivity contribution in [2.75, 3.05) is 27.7 Å². The second-order valence-corrected chi connectivity index (χ2v) is 15.9. The summed E-state index contributed by atoms with van der Waals surface area (Å²) < 4.78 is 32.7. The molecule has 2 aromatic heterocycles. The van der Waals surface area contributed by atoms with Crippen molar-refractivity contribution in [3.63, 3.8) is 0 Å². The van der Waals surface area contributed by atoms with E-state index in [-0.39, 0.29) is 37.3 Å². The smallest absolute Gasteiger partial charge is 0.410 e. The van der Waals surface area contributed by atoms with Crippen molar-refractivity contribution in [1.29, 1.82) is 0 Å². The fourth-order valence-electron chi connectivity index (χ4n) is 8.64. The summed E-state index contributed by atoms with van der Waals surface area (Å²) in [7, 11) is 5.23. The fraction of sp³-hybridized carbons (Fsp3) is 0.744. The Morgan fingerprint density at radius 3 is 2.41 bits per heavy atom. The Kier molecular flexibility index (Phi) is 13.2. The molecule has 0 spiro atoms. The zero-order chi connectivity index (χ0) is 39.6. The van der Waals surface area contributed by atoms with Gasteiger partial charge in [0.2, 0.25) is 0 Å². The molecular formula is C39H59N5O10. The van der Waals surface area contributed by atoms with Gasteiger partial charge in [0.1, 0.15) is 29.4 Å². The lowest BCUT2D eigenvalue weighted by Crippen LogP contribution is -2.59. The zero-order valence-corrected chi connectivity index (χ0v) is 33.3. The number of carbonyl (C=O) groups excluding carboxylic acids is 4. The summed E-state index contributed by atoms with van der Waals surface area (Å²) in [4.78, 5) is 68.5. The average molecular weight is 758 g/mol. The van der Waals surface area contributed by atoms with E-state index in [1.165, 1.54) is 14.0 Å². The number of hydrogen-bond acceptors (Lipinski definition) is 13. The van der Waals surface area contributed by atoms with Crippen LogP contribution in [0.1, 0.15) is 74.1 Å². The molecule has 0 aliphatic carbocycles. The predicted octanol–water partition coefficient (Wildman–Crippen LogP) is 3.64. The number of amides is 1. The molecule has 1 N–H and O–H groups in total. The number of nitrogens with zero attached hydrogens (tertiary/aromatic N) is 5. The number of likely N-dealkylation sites (N-methyl/N-ethyl adjacent to an activating group) is 1. The minimum absolute atomic E-state index is 0.132. The number of aliphatic hydroxyl groups is 1. The van der Waals surface area contributed by atoms with Crippen LogP contribution in [0.5, 0.6) is 0 Å². The maximum atomic E-state index is 14.5. The van der Waals surface area contributed by atoms with E-state index in [1.807, 2.05) is 42.6 Å². The lowest BCUT2D eigenvalue weighted by Gasteiger charge is -2.47. The van der Waals surface area contributed by atoms with Gasteiger partial charge in [-0.1, -0.05) is 27.7 Å². The minimum Gasteiger partial charge on any atom is -0.458 e. The first-order valence-electron chi connectivity index (χ1n) is 19.2. The van der Waals surface area contributed by atoms with Crippen LogP contribution in [-0.4, -0.2) is 135 Å². The molecule has 0 saturated carbocycles. The topological polar surface area (TPSA) is 172 Å². The van der Waals surface area contributed by atoms with Gasteiger partial charge >= 0.3 is 12.1 Å². The van der Waals surface area contributed by atoms with E-state index in [2.05, 4.69) is 9.97 Å². The number of Topliss-reactive ketones (excluding diaryl/α,β-unsaturated/α-hetero) is 2. The SMILES string of the molecule is CC[C@H]1OC(=O)[C@H](C)C(=O)[C@H](C)[C@@H](OC2O[C@H](C)C[C@H](N(C)C)[C@H]2O)[C@@](C)(OC)C[C@@H](C)C(=O)[C@H](C)[C@@H]2[C@@H]1OC(=O)N2CCCn1cnc2cccnc21. The van der Waals surface area contributed by atoms with E-state index in [0.29, 0.717) is 19.4 Å². The number of esters is 1.